The Morgan fingerprint density at radius 1 is 0.963 bits per heavy atom. The summed E-state index contributed by atoms with van der Waals surface area (Å²) < 4.78 is 7.93. The van der Waals surface area contributed by atoms with Crippen LogP contribution in [-0.2, 0) is 4.79 Å². The van der Waals surface area contributed by atoms with Gasteiger partial charge >= 0.3 is 0 Å². The molecule has 6 heteroatoms. The number of rotatable bonds is 5. The maximum Gasteiger partial charge on any atom is 0.245 e. The van der Waals surface area contributed by atoms with Gasteiger partial charge in [-0.2, -0.15) is 0 Å². The fraction of sp³-hybridized carbons (Fsp3) is 0.0952. The van der Waals surface area contributed by atoms with Gasteiger partial charge in [0.15, 0.2) is 0 Å². The van der Waals surface area contributed by atoms with Crippen molar-refractivity contribution in [3.8, 4) is 11.5 Å². The van der Waals surface area contributed by atoms with E-state index in [9.17, 15) is 4.79 Å². The third-order valence-electron chi connectivity index (χ3n) is 4.33. The van der Waals surface area contributed by atoms with Crippen molar-refractivity contribution < 1.29 is 14.7 Å². The zero-order valence-corrected chi connectivity index (χ0v) is 15.2. The second kappa shape index (κ2) is 7.73. The van der Waals surface area contributed by atoms with Gasteiger partial charge in [-0.3, -0.25) is 10.0 Å². The highest BCUT2D eigenvalue weighted by molar-refractivity contribution is 8.01. The van der Waals surface area contributed by atoms with Crippen LogP contribution in [0.1, 0.15) is 18.0 Å². The smallest absolute Gasteiger partial charge is 0.245 e. The number of fused-ring (bicyclic) bond motifs is 1. The van der Waals surface area contributed by atoms with Crippen LogP contribution in [0.15, 0.2) is 83.8 Å². The van der Waals surface area contributed by atoms with E-state index in [2.05, 4.69) is 4.31 Å². The lowest BCUT2D eigenvalue weighted by atomic mass is 10.0. The largest absolute Gasteiger partial charge is 0.457 e. The summed E-state index contributed by atoms with van der Waals surface area (Å²) in [4.78, 5) is 12.9. The zero-order chi connectivity index (χ0) is 18.6. The number of para-hydroxylation sites is 1. The number of benzene rings is 3. The quantitative estimate of drug-likeness (QED) is 0.374. The molecule has 3 aromatic carbocycles. The van der Waals surface area contributed by atoms with Crippen LogP contribution in [0.2, 0.25) is 0 Å². The summed E-state index contributed by atoms with van der Waals surface area (Å²) in [5, 5.41) is 8.94. The normalized spacial score (nSPS) is 15.3. The number of hydroxylamine groups is 1. The number of nitrogens with zero attached hydrogens (tertiary/aromatic N) is 1. The maximum atomic E-state index is 11.8. The Morgan fingerprint density at radius 3 is 2.37 bits per heavy atom. The molecular formula is C21H18N2O3S. The van der Waals surface area contributed by atoms with E-state index in [1.165, 1.54) is 0 Å². The molecule has 1 atom stereocenters. The fourth-order valence-electron chi connectivity index (χ4n) is 3.07. The minimum atomic E-state index is -0.411. The van der Waals surface area contributed by atoms with Crippen molar-refractivity contribution in [3.63, 3.8) is 0 Å². The second-order valence-corrected chi connectivity index (χ2v) is 7.13. The van der Waals surface area contributed by atoms with Crippen LogP contribution in [0.25, 0.3) is 0 Å². The maximum absolute atomic E-state index is 11.8. The summed E-state index contributed by atoms with van der Waals surface area (Å²) in [7, 11) is 0. The summed E-state index contributed by atoms with van der Waals surface area (Å²) in [6, 6.07) is 25.2. The number of hydrogen-bond donors (Lipinski definition) is 2. The summed E-state index contributed by atoms with van der Waals surface area (Å²) in [6.45, 7) is 0. The van der Waals surface area contributed by atoms with Gasteiger partial charge < -0.3 is 9.04 Å². The first-order valence-electron chi connectivity index (χ1n) is 8.56. The summed E-state index contributed by atoms with van der Waals surface area (Å²) in [6.07, 6.45) is 0.169. The van der Waals surface area contributed by atoms with Crippen LogP contribution >= 0.6 is 11.9 Å². The number of amides is 1. The molecule has 27 heavy (non-hydrogen) atoms. The minimum absolute atomic E-state index is 0.153. The molecule has 0 spiro atoms. The number of anilines is 1. The Labute approximate surface area is 161 Å². The molecule has 1 unspecified atom stereocenters. The van der Waals surface area contributed by atoms with Crippen molar-refractivity contribution in [1.82, 2.24) is 5.48 Å². The van der Waals surface area contributed by atoms with E-state index in [1.807, 2.05) is 78.9 Å². The molecule has 5 nitrogen and oxygen atoms in total. The highest BCUT2D eigenvalue weighted by Gasteiger charge is 2.33. The third kappa shape index (κ3) is 3.77. The van der Waals surface area contributed by atoms with E-state index in [-0.39, 0.29) is 12.5 Å². The SMILES string of the molecule is O=C(CC1c2ccccc2SN1c1ccc(Oc2ccccc2)cc1)NO. The molecule has 0 aromatic heterocycles. The Hall–Kier alpha value is -2.96. The van der Waals surface area contributed by atoms with Crippen LogP contribution in [0.5, 0.6) is 11.5 Å². The first kappa shape index (κ1) is 17.5. The van der Waals surface area contributed by atoms with E-state index >= 15 is 0 Å². The summed E-state index contributed by atoms with van der Waals surface area (Å²) >= 11 is 1.59. The predicted molar refractivity (Wildman–Crippen MR) is 105 cm³/mol. The zero-order valence-electron chi connectivity index (χ0n) is 14.4. The van der Waals surface area contributed by atoms with Crippen molar-refractivity contribution in [3.05, 3.63) is 84.4 Å². The van der Waals surface area contributed by atoms with E-state index in [1.54, 1.807) is 17.4 Å². The van der Waals surface area contributed by atoms with Gasteiger partial charge in [0, 0.05) is 10.6 Å². The monoisotopic (exact) mass is 378 g/mol. The molecule has 1 aliphatic heterocycles. The van der Waals surface area contributed by atoms with Crippen molar-refractivity contribution in [2.75, 3.05) is 4.31 Å². The molecular weight excluding hydrogens is 360 g/mol. The standard InChI is InChI=1S/C21H18N2O3S/c24-21(22-25)14-19-18-8-4-5-9-20(18)27-23(19)15-10-12-17(13-11-15)26-16-6-2-1-3-7-16/h1-13,19,25H,14H2,(H,22,24). The first-order chi connectivity index (χ1) is 13.2. The molecule has 1 aliphatic rings. The van der Waals surface area contributed by atoms with Crippen LogP contribution in [0, 0.1) is 0 Å². The van der Waals surface area contributed by atoms with Crippen LogP contribution < -0.4 is 14.5 Å². The van der Waals surface area contributed by atoms with E-state index in [0.717, 1.165) is 27.6 Å². The van der Waals surface area contributed by atoms with Gasteiger partial charge in [-0.1, -0.05) is 36.4 Å². The van der Waals surface area contributed by atoms with Crippen LogP contribution in [0.3, 0.4) is 0 Å². The average molecular weight is 378 g/mol. The second-order valence-electron chi connectivity index (χ2n) is 6.12. The number of ether oxygens (including phenoxy) is 1. The molecule has 1 amide bonds. The van der Waals surface area contributed by atoms with E-state index in [4.69, 9.17) is 9.94 Å². The highest BCUT2D eigenvalue weighted by atomic mass is 32.2. The molecule has 136 valence electrons. The van der Waals surface area contributed by atoms with E-state index in [0.29, 0.717) is 0 Å². The number of nitrogens with one attached hydrogen (secondary N) is 1. The number of carbonyl (C=O) groups is 1. The van der Waals surface area contributed by atoms with Crippen LogP contribution in [-0.4, -0.2) is 11.1 Å². The molecule has 4 rings (SSSR count). The molecule has 0 radical (unpaired) electrons. The molecule has 0 fully saturated rings. The molecule has 0 bridgehead atoms. The van der Waals surface area contributed by atoms with Crippen molar-refractivity contribution in [2.24, 2.45) is 0 Å². The van der Waals surface area contributed by atoms with Gasteiger partial charge in [0.25, 0.3) is 0 Å². The van der Waals surface area contributed by atoms with Gasteiger partial charge in [-0.05, 0) is 60.0 Å². The molecule has 0 saturated carbocycles. The van der Waals surface area contributed by atoms with Gasteiger partial charge in [0.05, 0.1) is 12.5 Å². The first-order valence-corrected chi connectivity index (χ1v) is 9.34. The summed E-state index contributed by atoms with van der Waals surface area (Å²) in [5.74, 6) is 1.12. The van der Waals surface area contributed by atoms with Crippen molar-refractivity contribution >= 4 is 23.5 Å². The molecule has 2 N–H and O–H groups in total. The molecule has 1 heterocycles. The number of carbonyl (C=O) groups excluding carboxylic acids is 1. The average Bonchev–Trinajstić information content (AvgIpc) is 3.08. The Balaban J connectivity index is 1.57. The Morgan fingerprint density at radius 2 is 1.63 bits per heavy atom. The topological polar surface area (TPSA) is 61.8 Å². The predicted octanol–water partition coefficient (Wildman–Crippen LogP) is 4.94. The number of hydrogen-bond acceptors (Lipinski definition) is 5. The van der Waals surface area contributed by atoms with Crippen LogP contribution in [0.4, 0.5) is 5.69 Å². The van der Waals surface area contributed by atoms with E-state index < -0.39 is 5.91 Å². The van der Waals surface area contributed by atoms with Crippen molar-refractivity contribution in [2.45, 2.75) is 17.4 Å². The van der Waals surface area contributed by atoms with Gasteiger partial charge in [-0.25, -0.2) is 5.48 Å². The molecule has 3 aromatic rings. The lowest BCUT2D eigenvalue weighted by Gasteiger charge is -2.25. The lowest BCUT2D eigenvalue weighted by molar-refractivity contribution is -0.129. The Bertz CT molecular complexity index is 932. The molecule has 0 aliphatic carbocycles. The fourth-order valence-corrected chi connectivity index (χ4v) is 4.27. The molecule has 0 saturated heterocycles. The third-order valence-corrected chi connectivity index (χ3v) is 5.56. The summed E-state index contributed by atoms with van der Waals surface area (Å²) in [5.41, 5.74) is 3.78. The van der Waals surface area contributed by atoms with Gasteiger partial charge in [0.1, 0.15) is 11.5 Å². The lowest BCUT2D eigenvalue weighted by Crippen LogP contribution is -2.26. The van der Waals surface area contributed by atoms with Crippen molar-refractivity contribution in [1.29, 1.82) is 0 Å². The van der Waals surface area contributed by atoms with Gasteiger partial charge in [0.2, 0.25) is 5.91 Å². The van der Waals surface area contributed by atoms with Gasteiger partial charge in [-0.15, -0.1) is 0 Å². The Kier molecular flexibility index (Phi) is 5.00. The minimum Gasteiger partial charge on any atom is -0.457 e. The highest BCUT2D eigenvalue weighted by Crippen LogP contribution is 2.48.